The van der Waals surface area contributed by atoms with E-state index in [1.54, 1.807) is 12.1 Å². The van der Waals surface area contributed by atoms with E-state index in [0.717, 1.165) is 0 Å². The summed E-state index contributed by atoms with van der Waals surface area (Å²) in [5.41, 5.74) is 6.36. The number of carbonyl (C=O) groups is 1. The van der Waals surface area contributed by atoms with Gasteiger partial charge in [-0.25, -0.2) is 18.5 Å². The van der Waals surface area contributed by atoms with Crippen molar-refractivity contribution in [1.82, 2.24) is 4.98 Å². The maximum Gasteiger partial charge on any atom is 0.276 e. The molecule has 0 aliphatic carbocycles. The summed E-state index contributed by atoms with van der Waals surface area (Å²) in [6.45, 7) is 0. The maximum absolute atomic E-state index is 12.1. The van der Waals surface area contributed by atoms with Gasteiger partial charge in [-0.15, -0.1) is 0 Å². The molecule has 0 bridgehead atoms. The maximum atomic E-state index is 12.1. The minimum absolute atomic E-state index is 0.0651. The Hall–Kier alpha value is -1.97. The molecule has 1 amide bonds. The van der Waals surface area contributed by atoms with Crippen molar-refractivity contribution in [2.75, 3.05) is 11.1 Å². The molecule has 1 aromatic heterocycles. The number of nitrogens with two attached hydrogens (primary N) is 2. The Bertz CT molecular complexity index is 808. The van der Waals surface area contributed by atoms with Gasteiger partial charge in [0.2, 0.25) is 10.0 Å². The van der Waals surface area contributed by atoms with Crippen molar-refractivity contribution in [1.29, 1.82) is 0 Å². The number of halogens is 1. The van der Waals surface area contributed by atoms with Gasteiger partial charge in [-0.05, 0) is 46.3 Å². The highest BCUT2D eigenvalue weighted by Gasteiger charge is 2.14. The van der Waals surface area contributed by atoms with E-state index in [4.69, 9.17) is 10.9 Å². The van der Waals surface area contributed by atoms with Crippen molar-refractivity contribution in [2.45, 2.75) is 4.90 Å². The summed E-state index contributed by atoms with van der Waals surface area (Å²) in [5, 5.41) is 7.61. The zero-order valence-corrected chi connectivity index (χ0v) is 13.0. The van der Waals surface area contributed by atoms with Gasteiger partial charge in [0.25, 0.3) is 5.91 Å². The molecule has 1 heterocycles. The molecular formula is C12H11BrN4O3S. The molecule has 1 aromatic carbocycles. The lowest BCUT2D eigenvalue weighted by molar-refractivity contribution is 0.102. The van der Waals surface area contributed by atoms with E-state index in [-0.39, 0.29) is 16.3 Å². The predicted octanol–water partition coefficient (Wildman–Crippen LogP) is 1.33. The second-order valence-corrected chi connectivity index (χ2v) is 6.50. The average molecular weight is 371 g/mol. The molecule has 21 heavy (non-hydrogen) atoms. The summed E-state index contributed by atoms with van der Waals surface area (Å²) in [4.78, 5) is 15.9. The molecule has 0 unspecified atom stereocenters. The molecule has 0 fully saturated rings. The number of nitrogens with zero attached hydrogens (tertiary/aromatic N) is 1. The number of nitrogens with one attached hydrogen (secondary N) is 1. The Morgan fingerprint density at radius 2 is 2.00 bits per heavy atom. The summed E-state index contributed by atoms with van der Waals surface area (Å²) in [7, 11) is -3.80. The van der Waals surface area contributed by atoms with Gasteiger partial charge in [-0.1, -0.05) is 0 Å². The number of pyridine rings is 1. The van der Waals surface area contributed by atoms with Crippen LogP contribution in [0.5, 0.6) is 0 Å². The first-order valence-corrected chi connectivity index (χ1v) is 7.97. The quantitative estimate of drug-likeness (QED) is 0.750. The number of rotatable bonds is 3. The van der Waals surface area contributed by atoms with Crippen molar-refractivity contribution in [2.24, 2.45) is 5.14 Å². The summed E-state index contributed by atoms with van der Waals surface area (Å²) in [5.74, 6) is -0.503. The highest BCUT2D eigenvalue weighted by molar-refractivity contribution is 9.10. The minimum Gasteiger partial charge on any atom is -0.397 e. The number of benzene rings is 1. The standard InChI is InChI=1S/C12H11BrN4O3S/c13-8-6-7(21(15,19)20)3-4-10(8)17-12(18)11-9(14)2-1-5-16-11/h1-6H,14H2,(H,17,18)(H2,15,19,20). The molecule has 0 aliphatic rings. The van der Waals surface area contributed by atoms with Crippen LogP contribution in [-0.2, 0) is 10.0 Å². The fourth-order valence-electron chi connectivity index (χ4n) is 1.56. The number of sulfonamides is 1. The molecule has 0 saturated carbocycles. The lowest BCUT2D eigenvalue weighted by Gasteiger charge is -2.09. The van der Waals surface area contributed by atoms with Crippen molar-refractivity contribution in [3.05, 3.63) is 46.7 Å². The van der Waals surface area contributed by atoms with Gasteiger partial charge in [0, 0.05) is 10.7 Å². The Labute approximate surface area is 129 Å². The zero-order chi connectivity index (χ0) is 15.6. The lowest BCUT2D eigenvalue weighted by Crippen LogP contribution is -2.16. The molecule has 0 aliphatic heterocycles. The van der Waals surface area contributed by atoms with Gasteiger partial charge < -0.3 is 11.1 Å². The second-order valence-electron chi connectivity index (χ2n) is 4.08. The third kappa shape index (κ3) is 3.57. The summed E-state index contributed by atoms with van der Waals surface area (Å²) >= 11 is 3.17. The van der Waals surface area contributed by atoms with Crippen LogP contribution in [0.3, 0.4) is 0 Å². The Morgan fingerprint density at radius 1 is 1.29 bits per heavy atom. The van der Waals surface area contributed by atoms with Crippen molar-refractivity contribution in [3.63, 3.8) is 0 Å². The number of hydrogen-bond acceptors (Lipinski definition) is 5. The monoisotopic (exact) mass is 370 g/mol. The van der Waals surface area contributed by atoms with Crippen LogP contribution in [0.4, 0.5) is 11.4 Å². The molecule has 5 N–H and O–H groups in total. The molecule has 0 atom stereocenters. The Morgan fingerprint density at radius 3 is 2.57 bits per heavy atom. The summed E-state index contributed by atoms with van der Waals surface area (Å²) in [6.07, 6.45) is 1.45. The fraction of sp³-hybridized carbons (Fsp3) is 0. The summed E-state index contributed by atoms with van der Waals surface area (Å²) in [6, 6.07) is 7.18. The smallest absolute Gasteiger partial charge is 0.276 e. The largest absolute Gasteiger partial charge is 0.397 e. The van der Waals surface area contributed by atoms with Gasteiger partial charge in [0.1, 0.15) is 0 Å². The van der Waals surface area contributed by atoms with Crippen LogP contribution in [0, 0.1) is 0 Å². The normalized spacial score (nSPS) is 11.1. The number of aromatic nitrogens is 1. The van der Waals surface area contributed by atoms with Crippen molar-refractivity contribution >= 4 is 43.2 Å². The van der Waals surface area contributed by atoms with Gasteiger partial charge in [0.05, 0.1) is 16.3 Å². The third-order valence-electron chi connectivity index (χ3n) is 2.57. The van der Waals surface area contributed by atoms with Gasteiger partial charge >= 0.3 is 0 Å². The molecular weight excluding hydrogens is 360 g/mol. The lowest BCUT2D eigenvalue weighted by atomic mass is 10.2. The molecule has 2 rings (SSSR count). The molecule has 110 valence electrons. The average Bonchev–Trinajstić information content (AvgIpc) is 2.40. The number of anilines is 2. The second kappa shape index (κ2) is 5.80. The fourth-order valence-corrected chi connectivity index (χ4v) is 2.73. The van der Waals surface area contributed by atoms with E-state index in [9.17, 15) is 13.2 Å². The first-order valence-electron chi connectivity index (χ1n) is 5.63. The number of carbonyl (C=O) groups excluding carboxylic acids is 1. The van der Waals surface area contributed by atoms with Crippen LogP contribution in [0.15, 0.2) is 45.9 Å². The first-order chi connectivity index (χ1) is 9.79. The first kappa shape index (κ1) is 15.4. The van der Waals surface area contributed by atoms with Crippen molar-refractivity contribution < 1.29 is 13.2 Å². The molecule has 7 nitrogen and oxygen atoms in total. The number of primary sulfonamides is 1. The van der Waals surface area contributed by atoms with Crippen LogP contribution in [-0.4, -0.2) is 19.3 Å². The highest BCUT2D eigenvalue weighted by atomic mass is 79.9. The van der Waals surface area contributed by atoms with E-state index < -0.39 is 15.9 Å². The van der Waals surface area contributed by atoms with Gasteiger partial charge in [-0.3, -0.25) is 4.79 Å². The number of nitrogen functional groups attached to an aromatic ring is 1. The number of amides is 1. The van der Waals surface area contributed by atoms with Crippen LogP contribution in [0.2, 0.25) is 0 Å². The Kier molecular flexibility index (Phi) is 4.26. The Balaban J connectivity index is 2.29. The minimum atomic E-state index is -3.80. The topological polar surface area (TPSA) is 128 Å². The van der Waals surface area contributed by atoms with E-state index in [1.165, 1.54) is 24.4 Å². The van der Waals surface area contributed by atoms with Gasteiger partial charge in [0.15, 0.2) is 5.69 Å². The van der Waals surface area contributed by atoms with Gasteiger partial charge in [-0.2, -0.15) is 0 Å². The van der Waals surface area contributed by atoms with Crippen molar-refractivity contribution in [3.8, 4) is 0 Å². The van der Waals surface area contributed by atoms with Crippen LogP contribution in [0.25, 0.3) is 0 Å². The zero-order valence-electron chi connectivity index (χ0n) is 10.6. The van der Waals surface area contributed by atoms with E-state index >= 15 is 0 Å². The van der Waals surface area contributed by atoms with Crippen LogP contribution in [0.1, 0.15) is 10.5 Å². The van der Waals surface area contributed by atoms with Crippen LogP contribution >= 0.6 is 15.9 Å². The third-order valence-corrected chi connectivity index (χ3v) is 4.14. The predicted molar refractivity (Wildman–Crippen MR) is 82.1 cm³/mol. The molecule has 0 radical (unpaired) electrons. The highest BCUT2D eigenvalue weighted by Crippen LogP contribution is 2.26. The molecule has 0 saturated heterocycles. The molecule has 9 heteroatoms. The molecule has 2 aromatic rings. The van der Waals surface area contributed by atoms with E-state index in [0.29, 0.717) is 10.2 Å². The summed E-state index contributed by atoms with van der Waals surface area (Å²) < 4.78 is 22.8. The SMILES string of the molecule is Nc1cccnc1C(=O)Nc1ccc(S(N)(=O)=O)cc1Br. The van der Waals surface area contributed by atoms with Crippen LogP contribution < -0.4 is 16.2 Å². The van der Waals surface area contributed by atoms with E-state index in [2.05, 4.69) is 26.2 Å². The van der Waals surface area contributed by atoms with E-state index in [1.807, 2.05) is 0 Å². The number of hydrogen-bond donors (Lipinski definition) is 3. The molecule has 0 spiro atoms.